The van der Waals surface area contributed by atoms with Crippen molar-refractivity contribution in [2.45, 2.75) is 6.92 Å². The fourth-order valence-electron chi connectivity index (χ4n) is 1.80. The molecular weight excluding hydrogens is 256 g/mol. The molecule has 2 N–H and O–H groups in total. The SMILES string of the molecule is COc1ccc(Cl)cc1-c1c(C)[nH]c(=O)[nH]c1=O. The maximum atomic E-state index is 11.9. The quantitative estimate of drug-likeness (QED) is 0.869. The number of aromatic nitrogens is 2. The maximum Gasteiger partial charge on any atom is 0.325 e. The van der Waals surface area contributed by atoms with Crippen LogP contribution in [0.1, 0.15) is 5.69 Å². The molecule has 1 heterocycles. The Morgan fingerprint density at radius 3 is 2.56 bits per heavy atom. The van der Waals surface area contributed by atoms with Crippen LogP contribution in [0.25, 0.3) is 11.1 Å². The van der Waals surface area contributed by atoms with Crippen LogP contribution >= 0.6 is 11.6 Å². The fourth-order valence-corrected chi connectivity index (χ4v) is 1.97. The van der Waals surface area contributed by atoms with E-state index in [-0.39, 0.29) is 0 Å². The smallest absolute Gasteiger partial charge is 0.325 e. The van der Waals surface area contributed by atoms with E-state index in [0.717, 1.165) is 0 Å². The van der Waals surface area contributed by atoms with Gasteiger partial charge in [-0.25, -0.2) is 4.79 Å². The molecule has 0 fully saturated rings. The first-order chi connectivity index (χ1) is 8.52. The molecule has 0 unspecified atom stereocenters. The van der Waals surface area contributed by atoms with E-state index in [9.17, 15) is 9.59 Å². The second-order valence-electron chi connectivity index (χ2n) is 3.75. The van der Waals surface area contributed by atoms with Gasteiger partial charge in [-0.05, 0) is 25.1 Å². The Hall–Kier alpha value is -2.01. The standard InChI is InChI=1S/C12H11ClN2O3/c1-6-10(11(16)15-12(17)14-6)8-5-7(13)3-4-9(8)18-2/h3-5H,1-2H3,(H2,14,15,16,17). The lowest BCUT2D eigenvalue weighted by atomic mass is 10.0. The second-order valence-corrected chi connectivity index (χ2v) is 4.19. The summed E-state index contributed by atoms with van der Waals surface area (Å²) in [5.74, 6) is 0.514. The fraction of sp³-hybridized carbons (Fsp3) is 0.167. The van der Waals surface area contributed by atoms with Gasteiger partial charge < -0.3 is 9.72 Å². The van der Waals surface area contributed by atoms with E-state index < -0.39 is 11.2 Å². The molecule has 94 valence electrons. The Bertz CT molecular complexity index is 703. The van der Waals surface area contributed by atoms with Crippen molar-refractivity contribution >= 4 is 11.6 Å². The zero-order valence-electron chi connectivity index (χ0n) is 9.83. The number of benzene rings is 1. The lowest BCUT2D eigenvalue weighted by Crippen LogP contribution is -2.25. The van der Waals surface area contributed by atoms with Crippen LogP contribution in [0.4, 0.5) is 0 Å². The number of aromatic amines is 2. The largest absolute Gasteiger partial charge is 0.496 e. The highest BCUT2D eigenvalue weighted by Crippen LogP contribution is 2.31. The Kier molecular flexibility index (Phi) is 3.25. The molecular formula is C12H11ClN2O3. The normalized spacial score (nSPS) is 10.4. The van der Waals surface area contributed by atoms with Gasteiger partial charge >= 0.3 is 5.69 Å². The van der Waals surface area contributed by atoms with E-state index in [2.05, 4.69) is 9.97 Å². The lowest BCUT2D eigenvalue weighted by molar-refractivity contribution is 0.416. The average molecular weight is 267 g/mol. The molecule has 0 bridgehead atoms. The third-order valence-corrected chi connectivity index (χ3v) is 2.80. The van der Waals surface area contributed by atoms with Crippen LogP contribution in [0.5, 0.6) is 5.75 Å². The van der Waals surface area contributed by atoms with Crippen LogP contribution in [-0.4, -0.2) is 17.1 Å². The van der Waals surface area contributed by atoms with Crippen LogP contribution in [0.2, 0.25) is 5.02 Å². The minimum absolute atomic E-state index is 0.342. The van der Waals surface area contributed by atoms with Crippen molar-refractivity contribution in [2.24, 2.45) is 0 Å². The number of hydrogen-bond acceptors (Lipinski definition) is 3. The van der Waals surface area contributed by atoms with Crippen molar-refractivity contribution in [1.82, 2.24) is 9.97 Å². The number of rotatable bonds is 2. The van der Waals surface area contributed by atoms with Crippen molar-refractivity contribution in [2.75, 3.05) is 7.11 Å². The summed E-state index contributed by atoms with van der Waals surface area (Å²) in [7, 11) is 1.50. The summed E-state index contributed by atoms with van der Waals surface area (Å²) in [6.45, 7) is 1.65. The minimum atomic E-state index is -0.540. The number of H-pyrrole nitrogens is 2. The highest BCUT2D eigenvalue weighted by atomic mass is 35.5. The summed E-state index contributed by atoms with van der Waals surface area (Å²) < 4.78 is 5.19. The molecule has 0 atom stereocenters. The van der Waals surface area contributed by atoms with E-state index in [1.807, 2.05) is 0 Å². The third kappa shape index (κ3) is 2.17. The van der Waals surface area contributed by atoms with E-state index in [4.69, 9.17) is 16.3 Å². The number of ether oxygens (including phenoxy) is 1. The van der Waals surface area contributed by atoms with Crippen molar-refractivity contribution < 1.29 is 4.74 Å². The molecule has 0 amide bonds. The van der Waals surface area contributed by atoms with E-state index in [1.165, 1.54) is 7.11 Å². The second kappa shape index (κ2) is 4.70. The van der Waals surface area contributed by atoms with Gasteiger partial charge in [-0.1, -0.05) is 11.6 Å². The Morgan fingerprint density at radius 1 is 1.22 bits per heavy atom. The predicted octanol–water partition coefficient (Wildman–Crippen LogP) is 1.70. The molecule has 0 aliphatic carbocycles. The van der Waals surface area contributed by atoms with Gasteiger partial charge in [0.25, 0.3) is 5.56 Å². The summed E-state index contributed by atoms with van der Waals surface area (Å²) in [5.41, 5.74) is 0.331. The molecule has 1 aromatic heterocycles. The molecule has 1 aromatic carbocycles. The average Bonchev–Trinajstić information content (AvgIpc) is 2.28. The van der Waals surface area contributed by atoms with Gasteiger partial charge in [-0.3, -0.25) is 9.78 Å². The Labute approximate surface area is 107 Å². The van der Waals surface area contributed by atoms with Gasteiger partial charge in [-0.2, -0.15) is 0 Å². The molecule has 0 aliphatic rings. The minimum Gasteiger partial charge on any atom is -0.496 e. The Balaban J connectivity index is 2.80. The van der Waals surface area contributed by atoms with Crippen molar-refractivity contribution in [3.8, 4) is 16.9 Å². The number of halogens is 1. The Morgan fingerprint density at radius 2 is 1.94 bits per heavy atom. The van der Waals surface area contributed by atoms with E-state index in [1.54, 1.807) is 25.1 Å². The van der Waals surface area contributed by atoms with Gasteiger partial charge in [0.15, 0.2) is 0 Å². The first-order valence-corrected chi connectivity index (χ1v) is 5.58. The first-order valence-electron chi connectivity index (χ1n) is 5.20. The van der Waals surface area contributed by atoms with Crippen molar-refractivity contribution in [1.29, 1.82) is 0 Å². The van der Waals surface area contributed by atoms with Gasteiger partial charge in [0.2, 0.25) is 0 Å². The summed E-state index contributed by atoms with van der Waals surface area (Å²) in [4.78, 5) is 27.7. The molecule has 0 spiro atoms. The highest BCUT2D eigenvalue weighted by molar-refractivity contribution is 6.31. The molecule has 2 rings (SSSR count). The van der Waals surface area contributed by atoms with Crippen LogP contribution in [0.3, 0.4) is 0 Å². The molecule has 0 radical (unpaired) electrons. The molecule has 5 nitrogen and oxygen atoms in total. The zero-order valence-corrected chi connectivity index (χ0v) is 10.6. The monoisotopic (exact) mass is 266 g/mol. The number of hydrogen-bond donors (Lipinski definition) is 2. The maximum absolute atomic E-state index is 11.9. The van der Waals surface area contributed by atoms with E-state index in [0.29, 0.717) is 27.6 Å². The van der Waals surface area contributed by atoms with Gasteiger partial charge in [0, 0.05) is 16.3 Å². The highest BCUT2D eigenvalue weighted by Gasteiger charge is 2.14. The van der Waals surface area contributed by atoms with Gasteiger partial charge in [0.05, 0.1) is 12.7 Å². The number of nitrogens with one attached hydrogen (secondary N) is 2. The topological polar surface area (TPSA) is 75.0 Å². The molecule has 2 aromatic rings. The van der Waals surface area contributed by atoms with Crippen molar-refractivity contribution in [3.63, 3.8) is 0 Å². The van der Waals surface area contributed by atoms with Crippen LogP contribution < -0.4 is 16.0 Å². The first kappa shape index (κ1) is 12.4. The van der Waals surface area contributed by atoms with Crippen molar-refractivity contribution in [3.05, 3.63) is 49.8 Å². The van der Waals surface area contributed by atoms with E-state index >= 15 is 0 Å². The van der Waals surface area contributed by atoms with Gasteiger partial charge in [0.1, 0.15) is 5.75 Å². The molecule has 18 heavy (non-hydrogen) atoms. The summed E-state index contributed by atoms with van der Waals surface area (Å²) in [6, 6.07) is 4.96. The number of methoxy groups -OCH3 is 1. The molecule has 0 aliphatic heterocycles. The molecule has 0 saturated heterocycles. The molecule has 0 saturated carbocycles. The summed E-state index contributed by atoms with van der Waals surface area (Å²) >= 11 is 5.92. The zero-order chi connectivity index (χ0) is 13.3. The van der Waals surface area contributed by atoms with Crippen LogP contribution in [-0.2, 0) is 0 Å². The summed E-state index contributed by atoms with van der Waals surface area (Å²) in [5, 5.41) is 0.482. The number of aryl methyl sites for hydroxylation is 1. The van der Waals surface area contributed by atoms with Crippen LogP contribution in [0, 0.1) is 6.92 Å². The van der Waals surface area contributed by atoms with Crippen LogP contribution in [0.15, 0.2) is 27.8 Å². The van der Waals surface area contributed by atoms with Gasteiger partial charge in [-0.15, -0.1) is 0 Å². The molecule has 6 heteroatoms. The summed E-state index contributed by atoms with van der Waals surface area (Å²) in [6.07, 6.45) is 0. The third-order valence-electron chi connectivity index (χ3n) is 2.56. The predicted molar refractivity (Wildman–Crippen MR) is 69.4 cm³/mol. The lowest BCUT2D eigenvalue weighted by Gasteiger charge is -2.10.